The molecule has 0 fully saturated rings. The summed E-state index contributed by atoms with van der Waals surface area (Å²) in [6, 6.07) is 2.85. The number of hydrogen-bond acceptors (Lipinski definition) is 3. The Labute approximate surface area is 121 Å². The molecule has 0 saturated carbocycles. The molecule has 1 amide bonds. The van der Waals surface area contributed by atoms with E-state index >= 15 is 0 Å². The molecule has 0 unspecified atom stereocenters. The van der Waals surface area contributed by atoms with Crippen molar-refractivity contribution in [3.63, 3.8) is 0 Å². The van der Waals surface area contributed by atoms with Crippen molar-refractivity contribution in [2.75, 3.05) is 0 Å². The summed E-state index contributed by atoms with van der Waals surface area (Å²) < 4.78 is 0.693. The van der Waals surface area contributed by atoms with Crippen molar-refractivity contribution >= 4 is 34.8 Å². The Hall–Kier alpha value is -1.07. The summed E-state index contributed by atoms with van der Waals surface area (Å²) in [6.45, 7) is 3.72. The van der Waals surface area contributed by atoms with E-state index in [1.54, 1.807) is 6.07 Å². The maximum absolute atomic E-state index is 11.8. The minimum Gasteiger partial charge on any atom is -0.480 e. The minimum atomic E-state index is -0.984. The molecule has 1 aromatic rings. The number of aryl methyl sites for hydroxylation is 1. The van der Waals surface area contributed by atoms with Crippen LogP contribution in [-0.2, 0) is 16.0 Å². The Bertz CT molecular complexity index is 447. The van der Waals surface area contributed by atoms with Crippen molar-refractivity contribution < 1.29 is 14.7 Å². The molecule has 0 spiro atoms. The number of carboxylic acids is 1. The van der Waals surface area contributed by atoms with E-state index in [0.29, 0.717) is 17.2 Å². The lowest BCUT2D eigenvalue weighted by molar-refractivity contribution is -0.143. The Balaban J connectivity index is 2.46. The maximum atomic E-state index is 11.8. The molecular weight excluding hydrogens is 286 g/mol. The van der Waals surface area contributed by atoms with Gasteiger partial charge in [-0.05, 0) is 24.5 Å². The zero-order valence-electron chi connectivity index (χ0n) is 11.0. The Kier molecular flexibility index (Phi) is 6.31. The molecule has 1 rings (SSSR count). The first-order chi connectivity index (χ1) is 8.93. The molecule has 4 nitrogen and oxygen atoms in total. The van der Waals surface area contributed by atoms with Crippen LogP contribution in [0.3, 0.4) is 0 Å². The van der Waals surface area contributed by atoms with Gasteiger partial charge in [0.15, 0.2) is 0 Å². The summed E-state index contributed by atoms with van der Waals surface area (Å²) >= 11 is 7.24. The second kappa shape index (κ2) is 7.50. The van der Waals surface area contributed by atoms with Gasteiger partial charge in [-0.2, -0.15) is 0 Å². The predicted octanol–water partition coefficient (Wildman–Crippen LogP) is 2.95. The van der Waals surface area contributed by atoms with Gasteiger partial charge in [0.05, 0.1) is 4.34 Å². The minimum absolute atomic E-state index is 0.0855. The number of halogens is 1. The van der Waals surface area contributed by atoms with Crippen LogP contribution in [0.2, 0.25) is 4.34 Å². The number of carboxylic acid groups (broad SMARTS) is 1. The van der Waals surface area contributed by atoms with Crippen molar-refractivity contribution in [2.45, 2.75) is 39.2 Å². The highest BCUT2D eigenvalue weighted by Crippen LogP contribution is 2.22. The van der Waals surface area contributed by atoms with Gasteiger partial charge in [0.2, 0.25) is 5.91 Å². The molecule has 1 aromatic heterocycles. The third-order valence-electron chi connectivity index (χ3n) is 3.02. The number of hydrogen-bond donors (Lipinski definition) is 2. The van der Waals surface area contributed by atoms with Crippen LogP contribution in [0.15, 0.2) is 12.1 Å². The number of amides is 1. The lowest BCUT2D eigenvalue weighted by atomic mass is 9.99. The van der Waals surface area contributed by atoms with Gasteiger partial charge in [-0.3, -0.25) is 4.79 Å². The summed E-state index contributed by atoms with van der Waals surface area (Å²) in [5.74, 6) is -1.31. The largest absolute Gasteiger partial charge is 0.480 e. The van der Waals surface area contributed by atoms with Gasteiger partial charge in [-0.15, -0.1) is 11.3 Å². The molecule has 19 heavy (non-hydrogen) atoms. The van der Waals surface area contributed by atoms with Gasteiger partial charge >= 0.3 is 5.97 Å². The van der Waals surface area contributed by atoms with Gasteiger partial charge in [0.1, 0.15) is 6.04 Å². The predicted molar refractivity (Wildman–Crippen MR) is 76.7 cm³/mol. The Morgan fingerprint density at radius 3 is 2.63 bits per heavy atom. The van der Waals surface area contributed by atoms with Gasteiger partial charge in [0, 0.05) is 11.3 Å². The monoisotopic (exact) mass is 303 g/mol. The molecule has 0 saturated heterocycles. The van der Waals surface area contributed by atoms with Crippen LogP contribution < -0.4 is 5.32 Å². The molecule has 106 valence electrons. The lowest BCUT2D eigenvalue weighted by Crippen LogP contribution is -2.45. The maximum Gasteiger partial charge on any atom is 0.326 e. The Morgan fingerprint density at radius 1 is 1.47 bits per heavy atom. The fraction of sp³-hybridized carbons (Fsp3) is 0.538. The van der Waals surface area contributed by atoms with Crippen molar-refractivity contribution in [3.8, 4) is 0 Å². The zero-order valence-corrected chi connectivity index (χ0v) is 12.6. The quantitative estimate of drug-likeness (QED) is 0.814. The van der Waals surface area contributed by atoms with Crippen LogP contribution in [0.25, 0.3) is 0 Å². The van der Waals surface area contributed by atoms with E-state index in [1.165, 1.54) is 11.3 Å². The summed E-state index contributed by atoms with van der Waals surface area (Å²) in [4.78, 5) is 23.9. The van der Waals surface area contributed by atoms with E-state index in [1.807, 2.05) is 19.9 Å². The fourth-order valence-electron chi connectivity index (χ4n) is 1.65. The van der Waals surface area contributed by atoms with E-state index in [0.717, 1.165) is 4.88 Å². The van der Waals surface area contributed by atoms with Gasteiger partial charge < -0.3 is 10.4 Å². The number of carbonyl (C=O) groups is 2. The van der Waals surface area contributed by atoms with Crippen LogP contribution in [0, 0.1) is 5.92 Å². The SMILES string of the molecule is CC[C@H](C)[C@H](NC(=O)CCc1ccc(Cl)s1)C(=O)O. The normalized spacial score (nSPS) is 13.8. The van der Waals surface area contributed by atoms with Gasteiger partial charge in [-0.25, -0.2) is 4.79 Å². The molecule has 2 N–H and O–H groups in total. The van der Waals surface area contributed by atoms with E-state index in [9.17, 15) is 9.59 Å². The van der Waals surface area contributed by atoms with Crippen LogP contribution in [0.5, 0.6) is 0 Å². The first-order valence-electron chi connectivity index (χ1n) is 6.20. The fourth-order valence-corrected chi connectivity index (χ4v) is 2.74. The molecule has 2 atom stereocenters. The first-order valence-corrected chi connectivity index (χ1v) is 7.39. The van der Waals surface area contributed by atoms with Crippen LogP contribution in [0.1, 0.15) is 31.6 Å². The highest BCUT2D eigenvalue weighted by Gasteiger charge is 2.24. The summed E-state index contributed by atoms with van der Waals surface area (Å²) in [7, 11) is 0. The molecule has 0 bridgehead atoms. The molecule has 6 heteroatoms. The zero-order chi connectivity index (χ0) is 14.4. The summed E-state index contributed by atoms with van der Waals surface area (Å²) in [5.41, 5.74) is 0. The topological polar surface area (TPSA) is 66.4 Å². The third-order valence-corrected chi connectivity index (χ3v) is 4.31. The van der Waals surface area contributed by atoms with Crippen molar-refractivity contribution in [3.05, 3.63) is 21.3 Å². The highest BCUT2D eigenvalue weighted by molar-refractivity contribution is 7.16. The van der Waals surface area contributed by atoms with Crippen LogP contribution in [-0.4, -0.2) is 23.0 Å². The van der Waals surface area contributed by atoms with Crippen LogP contribution in [0.4, 0.5) is 0 Å². The third kappa shape index (κ3) is 5.20. The standard InChI is InChI=1S/C13H18ClNO3S/c1-3-8(2)12(13(17)18)15-11(16)7-5-9-4-6-10(14)19-9/h4,6,8,12H,3,5,7H2,1-2H3,(H,15,16)(H,17,18)/t8-,12-/m0/s1. The number of thiophene rings is 1. The molecule has 1 heterocycles. The Morgan fingerprint density at radius 2 is 2.16 bits per heavy atom. The second-order valence-electron chi connectivity index (χ2n) is 4.47. The smallest absolute Gasteiger partial charge is 0.326 e. The van der Waals surface area contributed by atoms with Gasteiger partial charge in [0.25, 0.3) is 0 Å². The number of nitrogens with one attached hydrogen (secondary N) is 1. The number of rotatable bonds is 7. The molecular formula is C13H18ClNO3S. The van der Waals surface area contributed by atoms with Gasteiger partial charge in [-0.1, -0.05) is 31.9 Å². The summed E-state index contributed by atoms with van der Waals surface area (Å²) in [5, 5.41) is 11.7. The average Bonchev–Trinajstić information content (AvgIpc) is 2.78. The van der Waals surface area contributed by atoms with E-state index in [-0.39, 0.29) is 18.2 Å². The average molecular weight is 304 g/mol. The van der Waals surface area contributed by atoms with Crippen molar-refractivity contribution in [1.29, 1.82) is 0 Å². The van der Waals surface area contributed by atoms with Crippen LogP contribution >= 0.6 is 22.9 Å². The van der Waals surface area contributed by atoms with Crippen molar-refractivity contribution in [2.24, 2.45) is 5.92 Å². The van der Waals surface area contributed by atoms with E-state index in [2.05, 4.69) is 5.32 Å². The summed E-state index contributed by atoms with van der Waals surface area (Å²) in [6.07, 6.45) is 1.56. The second-order valence-corrected chi connectivity index (χ2v) is 6.27. The molecule has 0 radical (unpaired) electrons. The first kappa shape index (κ1) is 16.0. The van der Waals surface area contributed by atoms with Crippen molar-refractivity contribution in [1.82, 2.24) is 5.32 Å². The molecule has 0 aliphatic rings. The number of aliphatic carboxylic acids is 1. The highest BCUT2D eigenvalue weighted by atomic mass is 35.5. The molecule has 0 aliphatic carbocycles. The lowest BCUT2D eigenvalue weighted by Gasteiger charge is -2.19. The molecule has 0 aliphatic heterocycles. The number of carbonyl (C=O) groups excluding carboxylic acids is 1. The van der Waals surface area contributed by atoms with E-state index < -0.39 is 12.0 Å². The van der Waals surface area contributed by atoms with E-state index in [4.69, 9.17) is 16.7 Å². The molecule has 0 aromatic carbocycles.